The maximum Gasteiger partial charge on any atom is 0.306 e. The third-order valence-corrected chi connectivity index (χ3v) is 4.78. The lowest BCUT2D eigenvalue weighted by Gasteiger charge is -2.11. The summed E-state index contributed by atoms with van der Waals surface area (Å²) in [6.07, 6.45) is 1.57. The van der Waals surface area contributed by atoms with Gasteiger partial charge in [0.25, 0.3) is 5.91 Å². The van der Waals surface area contributed by atoms with Crippen LogP contribution in [0.15, 0.2) is 60.9 Å². The Morgan fingerprint density at radius 2 is 1.81 bits per heavy atom. The number of benzene rings is 2. The van der Waals surface area contributed by atoms with E-state index in [-0.39, 0.29) is 18.8 Å². The van der Waals surface area contributed by atoms with Gasteiger partial charge in [-0.3, -0.25) is 14.6 Å². The summed E-state index contributed by atoms with van der Waals surface area (Å²) in [6.45, 7) is 0.408. The fraction of sp³-hybridized carbons (Fsp3) is 0.182. The Balaban J connectivity index is 1.61. The number of carboxylic acid groups (broad SMARTS) is 1. The van der Waals surface area contributed by atoms with Gasteiger partial charge >= 0.3 is 5.97 Å². The van der Waals surface area contributed by atoms with Crippen LogP contribution in [0.25, 0.3) is 11.1 Å². The number of hydrogen-bond acceptors (Lipinski definition) is 6. The standard InChI is InChI=1S/C22H21ClN4O4/c23-21-17(14-5-2-1-3-6-14)7-4-8-18(21)22(31)27-19-13-25-15(11-26-19)10-24-12-16(28)9-20(29)30/h1-8,11,13,16,24,28H,9-10,12H2,(H,29,30)(H,26,27,31). The van der Waals surface area contributed by atoms with Crippen molar-refractivity contribution in [2.75, 3.05) is 11.9 Å². The number of carbonyl (C=O) groups excluding carboxylic acids is 1. The van der Waals surface area contributed by atoms with Crippen molar-refractivity contribution < 1.29 is 19.8 Å². The van der Waals surface area contributed by atoms with E-state index in [4.69, 9.17) is 16.7 Å². The highest BCUT2D eigenvalue weighted by Crippen LogP contribution is 2.30. The SMILES string of the molecule is O=C(O)CC(O)CNCc1cnc(NC(=O)c2cccc(-c3ccccc3)c2Cl)cn1. The molecule has 1 aromatic heterocycles. The molecule has 1 heterocycles. The van der Waals surface area contributed by atoms with Gasteiger partial charge in [-0.15, -0.1) is 0 Å². The van der Waals surface area contributed by atoms with Gasteiger partial charge in [0.15, 0.2) is 5.82 Å². The van der Waals surface area contributed by atoms with Crippen LogP contribution in [-0.2, 0) is 11.3 Å². The van der Waals surface area contributed by atoms with E-state index in [1.807, 2.05) is 36.4 Å². The van der Waals surface area contributed by atoms with Crippen LogP contribution in [0.2, 0.25) is 5.02 Å². The first-order chi connectivity index (χ1) is 14.9. The molecule has 0 saturated heterocycles. The van der Waals surface area contributed by atoms with Crippen molar-refractivity contribution in [3.8, 4) is 11.1 Å². The average molecular weight is 441 g/mol. The maximum atomic E-state index is 12.7. The molecule has 0 radical (unpaired) electrons. The van der Waals surface area contributed by atoms with Crippen molar-refractivity contribution in [1.82, 2.24) is 15.3 Å². The Kier molecular flexibility index (Phi) is 7.66. The molecule has 1 unspecified atom stereocenters. The summed E-state index contributed by atoms with van der Waals surface area (Å²) in [6, 6.07) is 14.8. The number of rotatable bonds is 9. The Morgan fingerprint density at radius 3 is 2.48 bits per heavy atom. The number of aliphatic hydroxyl groups excluding tert-OH is 1. The Bertz CT molecular complexity index is 1050. The third kappa shape index (κ3) is 6.32. The van der Waals surface area contributed by atoms with E-state index in [0.717, 1.165) is 11.1 Å². The van der Waals surface area contributed by atoms with E-state index >= 15 is 0 Å². The zero-order valence-electron chi connectivity index (χ0n) is 16.5. The summed E-state index contributed by atoms with van der Waals surface area (Å²) in [5.74, 6) is -1.20. The summed E-state index contributed by atoms with van der Waals surface area (Å²) in [7, 11) is 0. The summed E-state index contributed by atoms with van der Waals surface area (Å²) in [5.41, 5.74) is 2.56. The molecule has 1 amide bonds. The number of anilines is 1. The highest BCUT2D eigenvalue weighted by atomic mass is 35.5. The van der Waals surface area contributed by atoms with E-state index in [1.54, 1.807) is 12.1 Å². The highest BCUT2D eigenvalue weighted by Gasteiger charge is 2.15. The van der Waals surface area contributed by atoms with E-state index < -0.39 is 18.0 Å². The smallest absolute Gasteiger partial charge is 0.306 e. The molecule has 0 fully saturated rings. The van der Waals surface area contributed by atoms with Gasteiger partial charge in [0.1, 0.15) is 0 Å². The second-order valence-corrected chi connectivity index (χ2v) is 7.14. The number of halogens is 1. The lowest BCUT2D eigenvalue weighted by atomic mass is 10.0. The van der Waals surface area contributed by atoms with Crippen LogP contribution < -0.4 is 10.6 Å². The Morgan fingerprint density at radius 1 is 1.03 bits per heavy atom. The highest BCUT2D eigenvalue weighted by molar-refractivity contribution is 6.37. The Labute approximate surface area is 183 Å². The minimum atomic E-state index is -1.07. The molecule has 0 aliphatic heterocycles. The summed E-state index contributed by atoms with van der Waals surface area (Å²) < 4.78 is 0. The van der Waals surface area contributed by atoms with Gasteiger partial charge in [0.2, 0.25) is 0 Å². The molecule has 0 bridgehead atoms. The third-order valence-electron chi connectivity index (χ3n) is 4.37. The predicted octanol–water partition coefficient (Wildman–Crippen LogP) is 2.97. The van der Waals surface area contributed by atoms with Crippen LogP contribution in [0, 0.1) is 0 Å². The van der Waals surface area contributed by atoms with Crippen LogP contribution in [0.3, 0.4) is 0 Å². The summed E-state index contributed by atoms with van der Waals surface area (Å²) in [5, 5.41) is 24.1. The molecule has 2 aromatic carbocycles. The van der Waals surface area contributed by atoms with Crippen molar-refractivity contribution in [2.24, 2.45) is 0 Å². The van der Waals surface area contributed by atoms with Crippen LogP contribution in [-0.4, -0.2) is 44.7 Å². The predicted molar refractivity (Wildman–Crippen MR) is 117 cm³/mol. The number of amides is 1. The van der Waals surface area contributed by atoms with Crippen molar-refractivity contribution in [2.45, 2.75) is 19.1 Å². The molecule has 3 aromatic rings. The second kappa shape index (κ2) is 10.6. The van der Waals surface area contributed by atoms with Crippen LogP contribution >= 0.6 is 11.6 Å². The lowest BCUT2D eigenvalue weighted by molar-refractivity contribution is -0.139. The van der Waals surface area contributed by atoms with Crippen molar-refractivity contribution in [3.63, 3.8) is 0 Å². The van der Waals surface area contributed by atoms with Gasteiger partial charge in [0.05, 0.1) is 41.2 Å². The van der Waals surface area contributed by atoms with Gasteiger partial charge in [-0.1, -0.05) is 54.1 Å². The van der Waals surface area contributed by atoms with E-state index in [0.29, 0.717) is 22.8 Å². The van der Waals surface area contributed by atoms with Gasteiger partial charge in [0, 0.05) is 18.7 Å². The number of aliphatic carboxylic acids is 1. The number of carbonyl (C=O) groups is 2. The van der Waals surface area contributed by atoms with Crippen LogP contribution in [0.4, 0.5) is 5.82 Å². The molecule has 1 atom stereocenters. The molecule has 160 valence electrons. The minimum Gasteiger partial charge on any atom is -0.481 e. The van der Waals surface area contributed by atoms with Gasteiger partial charge < -0.3 is 20.8 Å². The quantitative estimate of drug-likeness (QED) is 0.403. The fourth-order valence-corrected chi connectivity index (χ4v) is 3.20. The molecule has 0 aliphatic rings. The second-order valence-electron chi connectivity index (χ2n) is 6.76. The molecular formula is C22H21ClN4O4. The van der Waals surface area contributed by atoms with Gasteiger partial charge in [-0.05, 0) is 11.6 Å². The number of aromatic nitrogens is 2. The zero-order chi connectivity index (χ0) is 22.2. The topological polar surface area (TPSA) is 124 Å². The van der Waals surface area contributed by atoms with Crippen LogP contribution in [0.1, 0.15) is 22.5 Å². The van der Waals surface area contributed by atoms with Crippen LogP contribution in [0.5, 0.6) is 0 Å². The molecule has 8 nitrogen and oxygen atoms in total. The van der Waals surface area contributed by atoms with E-state index in [2.05, 4.69) is 20.6 Å². The molecule has 31 heavy (non-hydrogen) atoms. The van der Waals surface area contributed by atoms with Crippen molar-refractivity contribution in [3.05, 3.63) is 77.2 Å². The average Bonchev–Trinajstić information content (AvgIpc) is 2.75. The maximum absolute atomic E-state index is 12.7. The van der Waals surface area contributed by atoms with E-state index in [9.17, 15) is 14.7 Å². The Hall–Kier alpha value is -3.33. The first kappa shape index (κ1) is 22.4. The van der Waals surface area contributed by atoms with Gasteiger partial charge in [-0.25, -0.2) is 4.98 Å². The molecule has 9 heteroatoms. The minimum absolute atomic E-state index is 0.114. The number of nitrogens with one attached hydrogen (secondary N) is 2. The molecular weight excluding hydrogens is 420 g/mol. The van der Waals surface area contributed by atoms with E-state index in [1.165, 1.54) is 12.4 Å². The molecule has 4 N–H and O–H groups in total. The largest absolute Gasteiger partial charge is 0.481 e. The lowest BCUT2D eigenvalue weighted by Crippen LogP contribution is -2.28. The summed E-state index contributed by atoms with van der Waals surface area (Å²) >= 11 is 6.48. The number of aliphatic hydroxyl groups is 1. The number of nitrogens with zero attached hydrogens (tertiary/aromatic N) is 2. The molecule has 0 spiro atoms. The first-order valence-corrected chi connectivity index (χ1v) is 9.88. The number of hydrogen-bond donors (Lipinski definition) is 4. The first-order valence-electron chi connectivity index (χ1n) is 9.51. The fourth-order valence-electron chi connectivity index (χ4n) is 2.88. The molecule has 3 rings (SSSR count). The monoisotopic (exact) mass is 440 g/mol. The molecule has 0 aliphatic carbocycles. The zero-order valence-corrected chi connectivity index (χ0v) is 17.2. The van der Waals surface area contributed by atoms with Gasteiger partial charge in [-0.2, -0.15) is 0 Å². The number of carboxylic acids is 1. The van der Waals surface area contributed by atoms with Crippen molar-refractivity contribution >= 4 is 29.3 Å². The summed E-state index contributed by atoms with van der Waals surface area (Å²) in [4.78, 5) is 31.6. The van der Waals surface area contributed by atoms with Crippen molar-refractivity contribution in [1.29, 1.82) is 0 Å². The molecule has 0 saturated carbocycles. The normalized spacial score (nSPS) is 11.7.